The molecule has 0 saturated carbocycles. The van der Waals surface area contributed by atoms with Crippen molar-refractivity contribution in [2.75, 3.05) is 25.2 Å². The summed E-state index contributed by atoms with van der Waals surface area (Å²) in [7, 11) is 1.55. The number of esters is 1. The number of amidine groups is 1. The quantitative estimate of drug-likeness (QED) is 0.121. The van der Waals surface area contributed by atoms with Gasteiger partial charge in [-0.15, -0.1) is 24.8 Å². The molecule has 0 bridgehead atoms. The van der Waals surface area contributed by atoms with Gasteiger partial charge in [0.05, 0.1) is 18.6 Å². The molecule has 0 radical (unpaired) electrons. The van der Waals surface area contributed by atoms with E-state index < -0.39 is 11.9 Å². The number of carbonyl (C=O) groups is 2. The molecule has 0 aliphatic carbocycles. The lowest BCUT2D eigenvalue weighted by Crippen LogP contribution is -2.38. The largest absolute Gasteiger partial charge is 0.423 e. The van der Waals surface area contributed by atoms with Crippen molar-refractivity contribution in [1.29, 1.82) is 10.8 Å². The molecular weight excluding hydrogens is 507 g/mol. The number of nitrogens with zero attached hydrogens (tertiary/aromatic N) is 1. The van der Waals surface area contributed by atoms with Crippen LogP contribution in [0.5, 0.6) is 5.75 Å². The number of amides is 1. The molecule has 0 aliphatic rings. The van der Waals surface area contributed by atoms with Crippen molar-refractivity contribution in [2.24, 2.45) is 17.2 Å². The van der Waals surface area contributed by atoms with E-state index in [4.69, 9.17) is 37.5 Å². The molecule has 12 heteroatoms. The molecule has 1 amide bonds. The zero-order chi connectivity index (χ0) is 24.8. The lowest BCUT2D eigenvalue weighted by atomic mass is 9.98. The van der Waals surface area contributed by atoms with Gasteiger partial charge in [0, 0.05) is 30.5 Å². The predicted octanol–water partition coefficient (Wildman–Crippen LogP) is 2.56. The highest BCUT2D eigenvalue weighted by atomic mass is 35.5. The van der Waals surface area contributed by atoms with E-state index in [1.54, 1.807) is 66.6 Å². The predicted molar refractivity (Wildman–Crippen MR) is 145 cm³/mol. The molecule has 0 saturated heterocycles. The van der Waals surface area contributed by atoms with Crippen LogP contribution in [0.4, 0.5) is 5.69 Å². The number of nitrogens with one attached hydrogen (secondary N) is 2. The van der Waals surface area contributed by atoms with E-state index in [1.165, 1.54) is 0 Å². The number of nitrogens with two attached hydrogens (primary N) is 3. The summed E-state index contributed by atoms with van der Waals surface area (Å²) in [5.41, 5.74) is 18.5. The van der Waals surface area contributed by atoms with Gasteiger partial charge in [0.1, 0.15) is 11.6 Å². The molecule has 10 nitrogen and oxygen atoms in total. The fourth-order valence-electron chi connectivity index (χ4n) is 3.50. The molecule has 0 unspecified atom stereocenters. The van der Waals surface area contributed by atoms with Crippen LogP contribution in [0, 0.1) is 10.8 Å². The number of ether oxygens (including phenoxy) is 2. The Balaban J connectivity index is 0.00000324. The van der Waals surface area contributed by atoms with Gasteiger partial charge in [-0.3, -0.25) is 15.6 Å². The van der Waals surface area contributed by atoms with Crippen molar-refractivity contribution in [1.82, 2.24) is 0 Å². The Hall–Kier alpha value is -3.86. The second-order valence-electron chi connectivity index (χ2n) is 7.50. The van der Waals surface area contributed by atoms with Gasteiger partial charge in [-0.2, -0.15) is 0 Å². The molecule has 0 aliphatic heterocycles. The number of anilines is 1. The number of benzene rings is 3. The SMILES string of the molecule is COCCN(C(=N)N)c1ccc(C(=O)Oc2ccc3cc(C(=N)N)ccc3c2CC(N)=O)cc1.Cl.Cl. The summed E-state index contributed by atoms with van der Waals surface area (Å²) in [6.07, 6.45) is -0.134. The molecule has 3 rings (SSSR count). The van der Waals surface area contributed by atoms with Crippen LogP contribution < -0.4 is 26.8 Å². The Morgan fingerprint density at radius 1 is 0.917 bits per heavy atom. The average molecular weight is 535 g/mol. The highest BCUT2D eigenvalue weighted by molar-refractivity contribution is 6.01. The van der Waals surface area contributed by atoms with Crippen molar-refractivity contribution >= 4 is 64.9 Å². The van der Waals surface area contributed by atoms with E-state index in [2.05, 4.69) is 0 Å². The minimum Gasteiger partial charge on any atom is -0.423 e. The minimum absolute atomic E-state index is 0. The van der Waals surface area contributed by atoms with Gasteiger partial charge in [0.25, 0.3) is 0 Å². The van der Waals surface area contributed by atoms with Crippen molar-refractivity contribution < 1.29 is 19.1 Å². The first-order valence-corrected chi connectivity index (χ1v) is 10.3. The Morgan fingerprint density at radius 3 is 2.11 bits per heavy atom. The van der Waals surface area contributed by atoms with Gasteiger partial charge in [-0.1, -0.05) is 18.2 Å². The van der Waals surface area contributed by atoms with Crippen molar-refractivity contribution in [3.05, 3.63) is 71.3 Å². The first-order valence-electron chi connectivity index (χ1n) is 10.3. The summed E-state index contributed by atoms with van der Waals surface area (Å²) in [6.45, 7) is 0.760. The number of fused-ring (bicyclic) bond motifs is 1. The molecule has 3 aromatic rings. The van der Waals surface area contributed by atoms with Gasteiger partial charge >= 0.3 is 5.97 Å². The fourth-order valence-corrected chi connectivity index (χ4v) is 3.50. The summed E-state index contributed by atoms with van der Waals surface area (Å²) < 4.78 is 10.7. The molecule has 36 heavy (non-hydrogen) atoms. The van der Waals surface area contributed by atoms with Crippen LogP contribution in [-0.2, 0) is 16.0 Å². The summed E-state index contributed by atoms with van der Waals surface area (Å²) in [5, 5.41) is 16.7. The molecule has 192 valence electrons. The summed E-state index contributed by atoms with van der Waals surface area (Å²) in [4.78, 5) is 26.1. The second-order valence-corrected chi connectivity index (χ2v) is 7.50. The summed E-state index contributed by atoms with van der Waals surface area (Å²) >= 11 is 0. The van der Waals surface area contributed by atoms with Gasteiger partial charge in [-0.05, 0) is 47.2 Å². The van der Waals surface area contributed by atoms with E-state index in [-0.39, 0.29) is 54.3 Å². The number of hydrogen-bond acceptors (Lipinski definition) is 6. The third-order valence-electron chi connectivity index (χ3n) is 5.18. The number of carbonyl (C=O) groups excluding carboxylic acids is 2. The number of primary amides is 1. The summed E-state index contributed by atoms with van der Waals surface area (Å²) in [6, 6.07) is 14.8. The summed E-state index contributed by atoms with van der Waals surface area (Å²) in [5.74, 6) is -1.22. The Labute approximate surface area is 220 Å². The van der Waals surface area contributed by atoms with Crippen LogP contribution in [0.3, 0.4) is 0 Å². The van der Waals surface area contributed by atoms with Crippen molar-refractivity contribution in [2.45, 2.75) is 6.42 Å². The lowest BCUT2D eigenvalue weighted by Gasteiger charge is -2.22. The Bertz CT molecular complexity index is 1270. The third-order valence-corrected chi connectivity index (χ3v) is 5.18. The smallest absolute Gasteiger partial charge is 0.343 e. The number of nitrogen functional groups attached to an aromatic ring is 1. The van der Waals surface area contributed by atoms with Crippen LogP contribution in [0.2, 0.25) is 0 Å². The highest BCUT2D eigenvalue weighted by Gasteiger charge is 2.17. The first kappa shape index (κ1) is 30.2. The number of halogens is 2. The molecule has 8 N–H and O–H groups in total. The molecule has 3 aromatic carbocycles. The van der Waals surface area contributed by atoms with Gasteiger partial charge < -0.3 is 31.6 Å². The number of guanidine groups is 1. The molecule has 0 aromatic heterocycles. The topological polar surface area (TPSA) is 182 Å². The minimum atomic E-state index is -0.622. The second kappa shape index (κ2) is 13.3. The van der Waals surface area contributed by atoms with Gasteiger partial charge in [0.2, 0.25) is 5.91 Å². The Kier molecular flexibility index (Phi) is 11.1. The first-order chi connectivity index (χ1) is 16.2. The maximum absolute atomic E-state index is 12.8. The van der Waals surface area contributed by atoms with Crippen LogP contribution in [0.15, 0.2) is 54.6 Å². The average Bonchev–Trinajstić information content (AvgIpc) is 2.80. The van der Waals surface area contributed by atoms with Crippen molar-refractivity contribution in [3.63, 3.8) is 0 Å². The van der Waals surface area contributed by atoms with E-state index in [0.29, 0.717) is 35.4 Å². The maximum Gasteiger partial charge on any atom is 0.343 e. The lowest BCUT2D eigenvalue weighted by molar-refractivity contribution is -0.117. The third kappa shape index (κ3) is 7.08. The number of methoxy groups -OCH3 is 1. The molecule has 0 fully saturated rings. The van der Waals surface area contributed by atoms with Crippen LogP contribution in [-0.4, -0.2) is 43.9 Å². The van der Waals surface area contributed by atoms with Crippen LogP contribution in [0.1, 0.15) is 21.5 Å². The zero-order valence-electron chi connectivity index (χ0n) is 19.4. The van der Waals surface area contributed by atoms with E-state index in [9.17, 15) is 9.59 Å². The molecule has 0 spiro atoms. The number of rotatable bonds is 9. The zero-order valence-corrected chi connectivity index (χ0v) is 21.1. The molecule has 0 atom stereocenters. The fraction of sp³-hybridized carbons (Fsp3) is 0.167. The van der Waals surface area contributed by atoms with E-state index in [0.717, 1.165) is 5.39 Å². The van der Waals surface area contributed by atoms with Crippen LogP contribution >= 0.6 is 24.8 Å². The van der Waals surface area contributed by atoms with E-state index >= 15 is 0 Å². The van der Waals surface area contributed by atoms with Crippen molar-refractivity contribution in [3.8, 4) is 5.75 Å². The van der Waals surface area contributed by atoms with Gasteiger partial charge in [-0.25, -0.2) is 4.79 Å². The Morgan fingerprint density at radius 2 is 1.56 bits per heavy atom. The maximum atomic E-state index is 12.8. The monoisotopic (exact) mass is 534 g/mol. The number of hydrogen-bond donors (Lipinski definition) is 5. The van der Waals surface area contributed by atoms with E-state index in [1.807, 2.05) is 0 Å². The highest BCUT2D eigenvalue weighted by Crippen LogP contribution is 2.30. The van der Waals surface area contributed by atoms with Gasteiger partial charge in [0.15, 0.2) is 5.96 Å². The molecular formula is C24H28Cl2N6O4. The normalized spacial score (nSPS) is 10.0. The van der Waals surface area contributed by atoms with Crippen LogP contribution in [0.25, 0.3) is 10.8 Å². The standard InChI is InChI=1S/C24H26N6O4.2ClH/c1-33-11-10-30(24(28)29)17-6-2-14(3-7-17)23(32)34-20-9-5-15-12-16(22(26)27)4-8-18(15)19(20)13-21(25)31;;/h2-9,12H,10-11,13H2,1H3,(H2,25,31)(H3,26,27)(H3,28,29);2*1H. The molecule has 0 heterocycles.